The summed E-state index contributed by atoms with van der Waals surface area (Å²) in [6.45, 7) is 3.03. The molecule has 0 fully saturated rings. The molecule has 0 amide bonds. The third-order valence-electron chi connectivity index (χ3n) is 5.21. The maximum absolute atomic E-state index is 15.6. The summed E-state index contributed by atoms with van der Waals surface area (Å²) in [6.07, 6.45) is 3.29. The van der Waals surface area contributed by atoms with Gasteiger partial charge in [-0.05, 0) is 81.5 Å². The molecule has 32 heavy (non-hydrogen) atoms. The molecule has 3 rings (SSSR count). The van der Waals surface area contributed by atoms with E-state index in [2.05, 4.69) is 15.9 Å². The monoisotopic (exact) mass is 499 g/mol. The molecule has 0 aliphatic rings. The van der Waals surface area contributed by atoms with Crippen molar-refractivity contribution in [1.82, 2.24) is 0 Å². The van der Waals surface area contributed by atoms with Gasteiger partial charge >= 0.3 is 0 Å². The average Bonchev–Trinajstić information content (AvgIpc) is 2.82. The van der Waals surface area contributed by atoms with Gasteiger partial charge in [0.15, 0.2) is 5.82 Å². The van der Waals surface area contributed by atoms with E-state index < -0.39 is 0 Å². The van der Waals surface area contributed by atoms with Gasteiger partial charge in [0.25, 0.3) is 0 Å². The van der Waals surface area contributed by atoms with Crippen LogP contribution in [-0.4, -0.2) is 21.3 Å². The van der Waals surface area contributed by atoms with Crippen LogP contribution in [0.4, 0.5) is 10.1 Å². The average molecular weight is 500 g/mol. The molecule has 168 valence electrons. The standard InChI is InChI=1S/C26H27BrFNO3/c1-18-15-24(26(28)25(27)23(18)13-14-30-2)29(16-19-5-9-21(31-3)10-6-19)17-20-7-11-22(32-4)12-8-20/h5-15H,16-17H2,1-4H3/b14-13+. The van der Waals surface area contributed by atoms with E-state index in [0.29, 0.717) is 23.2 Å². The lowest BCUT2D eigenvalue weighted by atomic mass is 10.1. The van der Waals surface area contributed by atoms with Crippen LogP contribution < -0.4 is 14.4 Å². The molecule has 0 bridgehead atoms. The summed E-state index contributed by atoms with van der Waals surface area (Å²) < 4.78 is 31.5. The Bertz CT molecular complexity index is 1020. The molecule has 3 aromatic carbocycles. The van der Waals surface area contributed by atoms with Crippen LogP contribution in [0.2, 0.25) is 0 Å². The Morgan fingerprint density at radius 1 is 0.875 bits per heavy atom. The molecule has 0 aromatic heterocycles. The Labute approximate surface area is 197 Å². The minimum Gasteiger partial charge on any atom is -0.504 e. The summed E-state index contributed by atoms with van der Waals surface area (Å²) >= 11 is 3.45. The zero-order valence-electron chi connectivity index (χ0n) is 18.7. The van der Waals surface area contributed by atoms with E-state index in [1.807, 2.05) is 66.4 Å². The number of hydrogen-bond donors (Lipinski definition) is 0. The molecule has 0 unspecified atom stereocenters. The predicted octanol–water partition coefficient (Wildman–Crippen LogP) is 6.74. The van der Waals surface area contributed by atoms with Crippen LogP contribution in [0.15, 0.2) is 65.3 Å². The third-order valence-corrected chi connectivity index (χ3v) is 5.98. The van der Waals surface area contributed by atoms with Gasteiger partial charge < -0.3 is 19.1 Å². The molecule has 0 N–H and O–H groups in total. The van der Waals surface area contributed by atoms with Gasteiger partial charge in [0.05, 0.1) is 37.8 Å². The molecule has 0 heterocycles. The second-order valence-corrected chi connectivity index (χ2v) is 8.14. The first-order valence-electron chi connectivity index (χ1n) is 10.2. The zero-order chi connectivity index (χ0) is 23.1. The van der Waals surface area contributed by atoms with E-state index in [0.717, 1.165) is 33.8 Å². The van der Waals surface area contributed by atoms with Crippen molar-refractivity contribution in [3.63, 3.8) is 0 Å². The van der Waals surface area contributed by atoms with Crippen LogP contribution >= 0.6 is 15.9 Å². The number of rotatable bonds is 9. The molecule has 0 aliphatic heterocycles. The van der Waals surface area contributed by atoms with Crippen molar-refractivity contribution in [2.45, 2.75) is 20.0 Å². The second-order valence-electron chi connectivity index (χ2n) is 7.34. The number of benzene rings is 3. The number of anilines is 1. The Morgan fingerprint density at radius 3 is 1.81 bits per heavy atom. The summed E-state index contributed by atoms with van der Waals surface area (Å²) in [6, 6.07) is 17.5. The van der Waals surface area contributed by atoms with E-state index in [1.165, 1.54) is 0 Å². The van der Waals surface area contributed by atoms with Crippen molar-refractivity contribution >= 4 is 27.7 Å². The van der Waals surface area contributed by atoms with Crippen LogP contribution in [0.3, 0.4) is 0 Å². The maximum atomic E-state index is 15.6. The minimum atomic E-state index is -0.312. The lowest BCUT2D eigenvalue weighted by Crippen LogP contribution is -2.23. The van der Waals surface area contributed by atoms with E-state index in [9.17, 15) is 0 Å². The van der Waals surface area contributed by atoms with Crippen molar-refractivity contribution < 1.29 is 18.6 Å². The van der Waals surface area contributed by atoms with Gasteiger partial charge in [-0.1, -0.05) is 24.3 Å². The highest BCUT2D eigenvalue weighted by molar-refractivity contribution is 9.10. The zero-order valence-corrected chi connectivity index (χ0v) is 20.3. The van der Waals surface area contributed by atoms with Crippen LogP contribution in [-0.2, 0) is 17.8 Å². The number of halogens is 2. The smallest absolute Gasteiger partial charge is 0.161 e. The second kappa shape index (κ2) is 11.0. The Balaban J connectivity index is 2.01. The normalized spacial score (nSPS) is 10.9. The fourth-order valence-corrected chi connectivity index (χ4v) is 4.10. The van der Waals surface area contributed by atoms with Crippen LogP contribution in [0.25, 0.3) is 6.08 Å². The summed E-state index contributed by atoms with van der Waals surface area (Å²) in [5, 5.41) is 0. The van der Waals surface area contributed by atoms with E-state index in [4.69, 9.17) is 14.2 Å². The molecule has 0 saturated heterocycles. The number of hydrogen-bond acceptors (Lipinski definition) is 4. The Morgan fingerprint density at radius 2 is 1.38 bits per heavy atom. The van der Waals surface area contributed by atoms with E-state index >= 15 is 4.39 Å². The highest BCUT2D eigenvalue weighted by Gasteiger charge is 2.19. The van der Waals surface area contributed by atoms with Gasteiger partial charge in [-0.3, -0.25) is 0 Å². The van der Waals surface area contributed by atoms with Gasteiger partial charge in [0.1, 0.15) is 11.5 Å². The van der Waals surface area contributed by atoms with Crippen molar-refractivity contribution in [2.24, 2.45) is 0 Å². The van der Waals surface area contributed by atoms with Crippen molar-refractivity contribution in [2.75, 3.05) is 26.2 Å². The highest BCUT2D eigenvalue weighted by atomic mass is 79.9. The first-order chi connectivity index (χ1) is 15.5. The highest BCUT2D eigenvalue weighted by Crippen LogP contribution is 2.35. The lowest BCUT2D eigenvalue weighted by Gasteiger charge is -2.27. The Kier molecular flexibility index (Phi) is 8.17. The van der Waals surface area contributed by atoms with Gasteiger partial charge in [0, 0.05) is 13.1 Å². The predicted molar refractivity (Wildman–Crippen MR) is 131 cm³/mol. The fourth-order valence-electron chi connectivity index (χ4n) is 3.45. The molecule has 0 saturated carbocycles. The van der Waals surface area contributed by atoms with Crippen LogP contribution in [0.5, 0.6) is 11.5 Å². The largest absolute Gasteiger partial charge is 0.504 e. The number of nitrogens with zero attached hydrogens (tertiary/aromatic N) is 1. The molecule has 0 atom stereocenters. The van der Waals surface area contributed by atoms with E-state index in [1.54, 1.807) is 33.7 Å². The summed E-state index contributed by atoms with van der Waals surface area (Å²) in [4.78, 5) is 2.03. The van der Waals surface area contributed by atoms with Crippen LogP contribution in [0, 0.1) is 12.7 Å². The Hall–Kier alpha value is -2.99. The van der Waals surface area contributed by atoms with Crippen molar-refractivity contribution in [3.8, 4) is 11.5 Å². The summed E-state index contributed by atoms with van der Waals surface area (Å²) in [5.74, 6) is 1.26. The van der Waals surface area contributed by atoms with E-state index in [-0.39, 0.29) is 5.82 Å². The number of ether oxygens (including phenoxy) is 3. The summed E-state index contributed by atoms with van der Waals surface area (Å²) in [7, 11) is 4.84. The quantitative estimate of drug-likeness (QED) is 0.305. The molecule has 0 radical (unpaired) electrons. The lowest BCUT2D eigenvalue weighted by molar-refractivity contribution is 0.341. The number of methoxy groups -OCH3 is 3. The van der Waals surface area contributed by atoms with Crippen molar-refractivity contribution in [1.29, 1.82) is 0 Å². The molecular weight excluding hydrogens is 473 g/mol. The van der Waals surface area contributed by atoms with Gasteiger partial charge in [0.2, 0.25) is 0 Å². The fraction of sp³-hybridized carbons (Fsp3) is 0.231. The molecule has 3 aromatic rings. The molecule has 0 aliphatic carbocycles. The molecule has 4 nitrogen and oxygen atoms in total. The maximum Gasteiger partial charge on any atom is 0.161 e. The van der Waals surface area contributed by atoms with Crippen LogP contribution in [0.1, 0.15) is 22.3 Å². The first kappa shape index (κ1) is 23.7. The summed E-state index contributed by atoms with van der Waals surface area (Å²) in [5.41, 5.74) is 4.32. The number of aryl methyl sites for hydroxylation is 1. The van der Waals surface area contributed by atoms with Gasteiger partial charge in [-0.2, -0.15) is 0 Å². The minimum absolute atomic E-state index is 0.312. The van der Waals surface area contributed by atoms with Gasteiger partial charge in [-0.15, -0.1) is 0 Å². The van der Waals surface area contributed by atoms with Crippen molar-refractivity contribution in [3.05, 3.63) is 93.4 Å². The SMILES string of the molecule is CO/C=C/c1c(C)cc(N(Cc2ccc(OC)cc2)Cc2ccc(OC)cc2)c(F)c1Br. The topological polar surface area (TPSA) is 30.9 Å². The molecular formula is C26H27BrFNO3. The molecule has 6 heteroatoms. The van der Waals surface area contributed by atoms with Gasteiger partial charge in [-0.25, -0.2) is 4.39 Å². The molecule has 0 spiro atoms. The third kappa shape index (κ3) is 5.62. The first-order valence-corrected chi connectivity index (χ1v) is 10.9.